The lowest BCUT2D eigenvalue weighted by Gasteiger charge is -2.54. The van der Waals surface area contributed by atoms with Gasteiger partial charge in [-0.3, -0.25) is 9.59 Å². The lowest BCUT2D eigenvalue weighted by atomic mass is 10.0. The van der Waals surface area contributed by atoms with Crippen LogP contribution in [-0.2, 0) is 20.9 Å². The Morgan fingerprint density at radius 1 is 1.28 bits per heavy atom. The number of methoxy groups -OCH3 is 1. The van der Waals surface area contributed by atoms with Gasteiger partial charge in [-0.05, 0) is 12.0 Å². The molecule has 0 aromatic heterocycles. The van der Waals surface area contributed by atoms with Gasteiger partial charge in [-0.25, -0.2) is 9.80 Å². The molecule has 32 heavy (non-hydrogen) atoms. The summed E-state index contributed by atoms with van der Waals surface area (Å²) in [5, 5.41) is 6.03. The molecule has 0 saturated carbocycles. The molecule has 9 nitrogen and oxygen atoms in total. The van der Waals surface area contributed by atoms with Crippen LogP contribution in [0.2, 0.25) is 0 Å². The predicted molar refractivity (Wildman–Crippen MR) is 119 cm³/mol. The van der Waals surface area contributed by atoms with Crippen molar-refractivity contribution in [1.82, 2.24) is 25.1 Å². The normalized spacial score (nSPS) is 21.3. The van der Waals surface area contributed by atoms with Gasteiger partial charge >= 0.3 is 6.03 Å². The van der Waals surface area contributed by atoms with Crippen LogP contribution in [0, 0.1) is 12.3 Å². The number of nitrogens with one attached hydrogen (secondary N) is 1. The van der Waals surface area contributed by atoms with Crippen molar-refractivity contribution in [2.75, 3.05) is 39.9 Å². The van der Waals surface area contributed by atoms with E-state index in [1.54, 1.807) is 21.9 Å². The Hall–Kier alpha value is -3.09. The van der Waals surface area contributed by atoms with Gasteiger partial charge in [-0.1, -0.05) is 49.6 Å². The zero-order valence-electron chi connectivity index (χ0n) is 18.7. The molecule has 1 N–H and O–H groups in total. The SMILES string of the molecule is C#CCN1CC(=O)N2[C@@H](CCC)C(=O)N(CCOC)C[C@@H]2N1C(=O)NCc1ccccc1. The van der Waals surface area contributed by atoms with Gasteiger partial charge in [0.25, 0.3) is 0 Å². The van der Waals surface area contributed by atoms with Crippen LogP contribution in [0.15, 0.2) is 30.3 Å². The number of amides is 4. The number of hydrazine groups is 1. The Labute approximate surface area is 189 Å². The van der Waals surface area contributed by atoms with Crippen molar-refractivity contribution in [1.29, 1.82) is 0 Å². The highest BCUT2D eigenvalue weighted by molar-refractivity contribution is 5.91. The van der Waals surface area contributed by atoms with Crippen LogP contribution in [-0.4, -0.2) is 89.8 Å². The number of carbonyl (C=O) groups excluding carboxylic acids is 3. The molecule has 1 aromatic carbocycles. The van der Waals surface area contributed by atoms with Gasteiger partial charge in [0, 0.05) is 20.2 Å². The van der Waals surface area contributed by atoms with E-state index in [1.807, 2.05) is 37.3 Å². The zero-order valence-corrected chi connectivity index (χ0v) is 18.7. The van der Waals surface area contributed by atoms with Crippen LogP contribution in [0.25, 0.3) is 0 Å². The van der Waals surface area contributed by atoms with Gasteiger partial charge in [-0.2, -0.15) is 5.01 Å². The minimum Gasteiger partial charge on any atom is -0.383 e. The first-order valence-electron chi connectivity index (χ1n) is 10.9. The predicted octanol–water partition coefficient (Wildman–Crippen LogP) is 0.874. The van der Waals surface area contributed by atoms with Crippen molar-refractivity contribution in [3.8, 4) is 12.3 Å². The van der Waals surface area contributed by atoms with E-state index in [1.165, 1.54) is 5.01 Å². The number of urea groups is 1. The van der Waals surface area contributed by atoms with Gasteiger partial charge in [0.1, 0.15) is 12.2 Å². The second kappa shape index (κ2) is 11.0. The fourth-order valence-corrected chi connectivity index (χ4v) is 4.24. The van der Waals surface area contributed by atoms with E-state index in [9.17, 15) is 14.4 Å². The van der Waals surface area contributed by atoms with E-state index in [0.717, 1.165) is 12.0 Å². The van der Waals surface area contributed by atoms with Crippen molar-refractivity contribution >= 4 is 17.8 Å². The number of piperazine rings is 1. The molecule has 0 bridgehead atoms. The number of carbonyl (C=O) groups is 3. The van der Waals surface area contributed by atoms with Crippen LogP contribution < -0.4 is 5.32 Å². The number of hydrogen-bond donors (Lipinski definition) is 1. The lowest BCUT2D eigenvalue weighted by molar-refractivity contribution is -0.189. The van der Waals surface area contributed by atoms with Gasteiger partial charge in [0.15, 0.2) is 0 Å². The summed E-state index contributed by atoms with van der Waals surface area (Å²) in [5.41, 5.74) is 0.957. The number of benzene rings is 1. The molecule has 3 rings (SSSR count). The summed E-state index contributed by atoms with van der Waals surface area (Å²) in [7, 11) is 1.58. The molecule has 2 heterocycles. The van der Waals surface area contributed by atoms with Crippen LogP contribution in [0.4, 0.5) is 4.79 Å². The fraction of sp³-hybridized carbons (Fsp3) is 0.522. The molecule has 172 valence electrons. The fourth-order valence-electron chi connectivity index (χ4n) is 4.24. The summed E-state index contributed by atoms with van der Waals surface area (Å²) in [6.07, 6.45) is 6.16. The van der Waals surface area contributed by atoms with Crippen LogP contribution in [0.5, 0.6) is 0 Å². The monoisotopic (exact) mass is 441 g/mol. The van der Waals surface area contributed by atoms with Crippen molar-refractivity contribution in [3.05, 3.63) is 35.9 Å². The maximum atomic E-state index is 13.3. The van der Waals surface area contributed by atoms with Gasteiger partial charge in [0.05, 0.1) is 26.2 Å². The first kappa shape index (κ1) is 23.6. The Bertz CT molecular complexity index is 856. The summed E-state index contributed by atoms with van der Waals surface area (Å²) >= 11 is 0. The molecule has 2 fully saturated rings. The molecule has 2 atom stereocenters. The third kappa shape index (κ3) is 5.03. The second-order valence-corrected chi connectivity index (χ2v) is 7.88. The quantitative estimate of drug-likeness (QED) is 0.606. The second-order valence-electron chi connectivity index (χ2n) is 7.88. The number of rotatable bonds is 8. The highest BCUT2D eigenvalue weighted by atomic mass is 16.5. The van der Waals surface area contributed by atoms with Crippen molar-refractivity contribution in [2.24, 2.45) is 0 Å². The molecule has 0 unspecified atom stereocenters. The third-order valence-electron chi connectivity index (χ3n) is 5.73. The standard InChI is InChI=1S/C23H31N5O4/c1-4-9-19-22(30)25(13-14-32-3)16-20-27(19)21(29)17-26(12-5-2)28(20)23(31)24-15-18-10-7-6-8-11-18/h2,6-8,10-11,19-20H,4,9,12-17H2,1,3H3,(H,24,31)/t19-,20-/m0/s1. The average molecular weight is 442 g/mol. The zero-order chi connectivity index (χ0) is 23.1. The van der Waals surface area contributed by atoms with E-state index in [2.05, 4.69) is 11.2 Å². The summed E-state index contributed by atoms with van der Waals surface area (Å²) in [6, 6.07) is 8.61. The van der Waals surface area contributed by atoms with Crippen molar-refractivity contribution < 1.29 is 19.1 Å². The van der Waals surface area contributed by atoms with Gasteiger partial charge in [-0.15, -0.1) is 6.42 Å². The summed E-state index contributed by atoms with van der Waals surface area (Å²) in [6.45, 7) is 3.34. The number of terminal acetylenes is 1. The van der Waals surface area contributed by atoms with E-state index in [-0.39, 0.29) is 37.5 Å². The molecule has 9 heteroatoms. The molecular weight excluding hydrogens is 410 g/mol. The molecule has 2 aliphatic heterocycles. The van der Waals surface area contributed by atoms with Crippen molar-refractivity contribution in [3.63, 3.8) is 0 Å². The smallest absolute Gasteiger partial charge is 0.334 e. The molecule has 2 saturated heterocycles. The van der Waals surface area contributed by atoms with Crippen LogP contribution in [0.3, 0.4) is 0 Å². The Kier molecular flexibility index (Phi) is 8.09. The number of hydrogen-bond acceptors (Lipinski definition) is 5. The largest absolute Gasteiger partial charge is 0.383 e. The van der Waals surface area contributed by atoms with E-state index < -0.39 is 12.2 Å². The number of ether oxygens (including phenoxy) is 1. The molecule has 0 radical (unpaired) electrons. The molecule has 4 amide bonds. The third-order valence-corrected chi connectivity index (χ3v) is 5.73. The summed E-state index contributed by atoms with van der Waals surface area (Å²) in [4.78, 5) is 42.8. The molecule has 0 spiro atoms. The summed E-state index contributed by atoms with van der Waals surface area (Å²) in [5.74, 6) is 2.23. The minimum atomic E-state index is -0.633. The van der Waals surface area contributed by atoms with Gasteiger partial charge < -0.3 is 19.9 Å². The lowest BCUT2D eigenvalue weighted by Crippen LogP contribution is -2.76. The van der Waals surface area contributed by atoms with E-state index >= 15 is 0 Å². The molecular formula is C23H31N5O4. The highest BCUT2D eigenvalue weighted by Gasteiger charge is 2.50. The Morgan fingerprint density at radius 2 is 2.03 bits per heavy atom. The maximum Gasteiger partial charge on any atom is 0.334 e. The average Bonchev–Trinajstić information content (AvgIpc) is 2.79. The molecule has 1 aromatic rings. The molecule has 0 aliphatic carbocycles. The topological polar surface area (TPSA) is 85.4 Å². The number of nitrogens with zero attached hydrogens (tertiary/aromatic N) is 4. The Morgan fingerprint density at radius 3 is 2.69 bits per heavy atom. The highest BCUT2D eigenvalue weighted by Crippen LogP contribution is 2.28. The van der Waals surface area contributed by atoms with Crippen LogP contribution in [0.1, 0.15) is 25.3 Å². The number of fused-ring (bicyclic) bond motifs is 1. The van der Waals surface area contributed by atoms with Crippen LogP contribution >= 0.6 is 0 Å². The van der Waals surface area contributed by atoms with Crippen molar-refractivity contribution in [2.45, 2.75) is 38.5 Å². The minimum absolute atomic E-state index is 0.0506. The van der Waals surface area contributed by atoms with E-state index in [0.29, 0.717) is 26.1 Å². The van der Waals surface area contributed by atoms with Gasteiger partial charge in [0.2, 0.25) is 11.8 Å². The maximum absolute atomic E-state index is 13.3. The molecule has 2 aliphatic rings. The first-order chi connectivity index (χ1) is 15.5. The summed E-state index contributed by atoms with van der Waals surface area (Å²) < 4.78 is 5.16. The van der Waals surface area contributed by atoms with E-state index in [4.69, 9.17) is 11.2 Å². The Balaban J connectivity index is 1.89. The first-order valence-corrected chi connectivity index (χ1v) is 10.9.